The molecule has 4 nitrogen and oxygen atoms in total. The molecule has 1 aromatic rings. The van der Waals surface area contributed by atoms with Crippen molar-refractivity contribution in [2.45, 2.75) is 6.10 Å². The van der Waals surface area contributed by atoms with E-state index in [1.165, 1.54) is 0 Å². The van der Waals surface area contributed by atoms with Gasteiger partial charge in [-0.05, 0) is 23.8 Å². The van der Waals surface area contributed by atoms with Gasteiger partial charge in [0.05, 0.1) is 20.8 Å². The molecule has 0 radical (unpaired) electrons. The van der Waals surface area contributed by atoms with Crippen molar-refractivity contribution in [1.82, 2.24) is 0 Å². The van der Waals surface area contributed by atoms with Crippen molar-refractivity contribution in [3.8, 4) is 11.5 Å². The van der Waals surface area contributed by atoms with Crippen LogP contribution in [-0.4, -0.2) is 26.9 Å². The molecule has 1 atom stereocenters. The molecule has 1 saturated heterocycles. The van der Waals surface area contributed by atoms with E-state index in [2.05, 4.69) is 0 Å². The molecule has 16 heavy (non-hydrogen) atoms. The topological polar surface area (TPSA) is 57.0 Å². The molecule has 1 heterocycles. The maximum Gasteiger partial charge on any atom is 0.161 e. The van der Waals surface area contributed by atoms with Crippen LogP contribution in [0.4, 0.5) is 0 Å². The summed E-state index contributed by atoms with van der Waals surface area (Å²) in [5.74, 6) is 1.40. The first-order valence-electron chi connectivity index (χ1n) is 5.05. The maximum absolute atomic E-state index is 5.84. The Balaban J connectivity index is 2.24. The first-order chi connectivity index (χ1) is 7.74. The van der Waals surface area contributed by atoms with Crippen molar-refractivity contribution < 1.29 is 14.2 Å². The van der Waals surface area contributed by atoms with Gasteiger partial charge in [-0.15, -0.1) is 0 Å². The summed E-state index contributed by atoms with van der Waals surface area (Å²) in [6, 6.07) is 5.66. The molecule has 0 amide bonds. The molecule has 1 aliphatic heterocycles. The van der Waals surface area contributed by atoms with Crippen molar-refractivity contribution in [3.63, 3.8) is 0 Å². The number of methoxy groups -OCH3 is 2. The highest BCUT2D eigenvalue weighted by molar-refractivity contribution is 5.58. The molecule has 86 valence electrons. The van der Waals surface area contributed by atoms with Crippen LogP contribution >= 0.6 is 0 Å². The van der Waals surface area contributed by atoms with Gasteiger partial charge in [0.15, 0.2) is 11.5 Å². The van der Waals surface area contributed by atoms with Gasteiger partial charge in [-0.2, -0.15) is 0 Å². The van der Waals surface area contributed by atoms with Crippen molar-refractivity contribution >= 4 is 6.08 Å². The third-order valence-electron chi connectivity index (χ3n) is 2.45. The highest BCUT2D eigenvalue weighted by Crippen LogP contribution is 2.28. The SMILES string of the molecule is COc1ccc(C=C(N)C2CO2)cc1OC. The molecular weight excluding hydrogens is 206 g/mol. The molecule has 0 bridgehead atoms. The number of benzene rings is 1. The van der Waals surface area contributed by atoms with Gasteiger partial charge in [-0.3, -0.25) is 0 Å². The smallest absolute Gasteiger partial charge is 0.161 e. The molecule has 1 unspecified atom stereocenters. The zero-order valence-corrected chi connectivity index (χ0v) is 9.40. The molecule has 2 rings (SSSR count). The Labute approximate surface area is 94.6 Å². The normalized spacial score (nSPS) is 19.4. The minimum Gasteiger partial charge on any atom is -0.493 e. The summed E-state index contributed by atoms with van der Waals surface area (Å²) in [4.78, 5) is 0. The van der Waals surface area contributed by atoms with Gasteiger partial charge >= 0.3 is 0 Å². The van der Waals surface area contributed by atoms with E-state index in [0.717, 1.165) is 17.9 Å². The summed E-state index contributed by atoms with van der Waals surface area (Å²) in [6.45, 7) is 0.718. The van der Waals surface area contributed by atoms with Gasteiger partial charge in [-0.1, -0.05) is 6.07 Å². The fraction of sp³-hybridized carbons (Fsp3) is 0.333. The second-order valence-corrected chi connectivity index (χ2v) is 3.58. The van der Waals surface area contributed by atoms with E-state index >= 15 is 0 Å². The fourth-order valence-electron chi connectivity index (χ4n) is 1.47. The average Bonchev–Trinajstić information content (AvgIpc) is 3.12. The van der Waals surface area contributed by atoms with Gasteiger partial charge < -0.3 is 19.9 Å². The van der Waals surface area contributed by atoms with Crippen molar-refractivity contribution in [3.05, 3.63) is 29.5 Å². The van der Waals surface area contributed by atoms with E-state index in [0.29, 0.717) is 11.5 Å². The molecular formula is C12H15NO3. The molecule has 0 aliphatic carbocycles. The van der Waals surface area contributed by atoms with Crippen LogP contribution in [0, 0.1) is 0 Å². The summed E-state index contributed by atoms with van der Waals surface area (Å²) >= 11 is 0. The molecule has 4 heteroatoms. The number of epoxide rings is 1. The van der Waals surface area contributed by atoms with Crippen LogP contribution in [0.1, 0.15) is 5.56 Å². The number of hydrogen-bond acceptors (Lipinski definition) is 4. The summed E-state index contributed by atoms with van der Waals surface area (Å²) in [6.07, 6.45) is 1.98. The summed E-state index contributed by atoms with van der Waals surface area (Å²) in [5.41, 5.74) is 7.56. The van der Waals surface area contributed by atoms with Crippen LogP contribution < -0.4 is 15.2 Å². The second-order valence-electron chi connectivity index (χ2n) is 3.58. The molecule has 1 fully saturated rings. The van der Waals surface area contributed by atoms with E-state index in [-0.39, 0.29) is 6.10 Å². The Morgan fingerprint density at radius 3 is 2.62 bits per heavy atom. The highest BCUT2D eigenvalue weighted by Gasteiger charge is 2.25. The van der Waals surface area contributed by atoms with Crippen LogP contribution in [0.5, 0.6) is 11.5 Å². The van der Waals surface area contributed by atoms with Gasteiger partial charge in [0.1, 0.15) is 6.10 Å². The van der Waals surface area contributed by atoms with Crippen LogP contribution in [0.3, 0.4) is 0 Å². The van der Waals surface area contributed by atoms with Gasteiger partial charge in [0.2, 0.25) is 0 Å². The predicted octanol–water partition coefficient (Wildman–Crippen LogP) is 1.40. The summed E-state index contributed by atoms with van der Waals surface area (Å²) < 4.78 is 15.5. The Hall–Kier alpha value is -1.68. The lowest BCUT2D eigenvalue weighted by molar-refractivity contribution is 0.355. The summed E-state index contributed by atoms with van der Waals surface area (Å²) in [5, 5.41) is 0. The first-order valence-corrected chi connectivity index (χ1v) is 5.05. The number of rotatable bonds is 4. The maximum atomic E-state index is 5.84. The number of nitrogens with two attached hydrogens (primary N) is 1. The van der Waals surface area contributed by atoms with Gasteiger partial charge in [-0.25, -0.2) is 0 Å². The van der Waals surface area contributed by atoms with Crippen molar-refractivity contribution in [2.24, 2.45) is 5.73 Å². The van der Waals surface area contributed by atoms with Crippen molar-refractivity contribution in [2.75, 3.05) is 20.8 Å². The Morgan fingerprint density at radius 1 is 1.38 bits per heavy atom. The fourth-order valence-corrected chi connectivity index (χ4v) is 1.47. The third-order valence-corrected chi connectivity index (χ3v) is 2.45. The molecule has 2 N–H and O–H groups in total. The van der Waals surface area contributed by atoms with Crippen molar-refractivity contribution in [1.29, 1.82) is 0 Å². The largest absolute Gasteiger partial charge is 0.493 e. The molecule has 1 aliphatic rings. The Morgan fingerprint density at radius 2 is 2.06 bits per heavy atom. The van der Waals surface area contributed by atoms with E-state index in [4.69, 9.17) is 19.9 Å². The Bertz CT molecular complexity index is 411. The lowest BCUT2D eigenvalue weighted by atomic mass is 10.1. The first kappa shape index (κ1) is 10.8. The van der Waals surface area contributed by atoms with E-state index < -0.39 is 0 Å². The van der Waals surface area contributed by atoms with E-state index in [9.17, 15) is 0 Å². The minimum absolute atomic E-state index is 0.0908. The lowest BCUT2D eigenvalue weighted by Gasteiger charge is -2.08. The zero-order valence-electron chi connectivity index (χ0n) is 9.40. The number of hydrogen-bond donors (Lipinski definition) is 1. The standard InChI is InChI=1S/C12H15NO3/c1-14-10-4-3-8(6-11(10)15-2)5-9(13)12-7-16-12/h3-6,12H,7,13H2,1-2H3. The van der Waals surface area contributed by atoms with E-state index in [1.54, 1.807) is 14.2 Å². The second kappa shape index (κ2) is 4.45. The van der Waals surface area contributed by atoms with Crippen LogP contribution in [0.25, 0.3) is 6.08 Å². The van der Waals surface area contributed by atoms with Crippen LogP contribution in [-0.2, 0) is 4.74 Å². The van der Waals surface area contributed by atoms with E-state index in [1.807, 2.05) is 24.3 Å². The predicted molar refractivity (Wildman–Crippen MR) is 61.5 cm³/mol. The molecule has 0 saturated carbocycles. The highest BCUT2D eigenvalue weighted by atomic mass is 16.6. The average molecular weight is 221 g/mol. The minimum atomic E-state index is 0.0908. The van der Waals surface area contributed by atoms with Crippen LogP contribution in [0.2, 0.25) is 0 Å². The molecule has 0 spiro atoms. The molecule has 0 aromatic heterocycles. The zero-order chi connectivity index (χ0) is 11.5. The third kappa shape index (κ3) is 2.28. The summed E-state index contributed by atoms with van der Waals surface area (Å²) in [7, 11) is 3.22. The van der Waals surface area contributed by atoms with Crippen LogP contribution in [0.15, 0.2) is 23.9 Å². The monoisotopic (exact) mass is 221 g/mol. The number of ether oxygens (including phenoxy) is 3. The Kier molecular flexibility index (Phi) is 3.01. The quantitative estimate of drug-likeness (QED) is 0.781. The van der Waals surface area contributed by atoms with Gasteiger partial charge in [0, 0.05) is 5.70 Å². The van der Waals surface area contributed by atoms with Gasteiger partial charge in [0.25, 0.3) is 0 Å². The molecule has 1 aromatic carbocycles. The lowest BCUT2D eigenvalue weighted by Crippen LogP contribution is -2.03.